The van der Waals surface area contributed by atoms with Crippen LogP contribution in [0.3, 0.4) is 0 Å². The predicted molar refractivity (Wildman–Crippen MR) is 105 cm³/mol. The van der Waals surface area contributed by atoms with Crippen molar-refractivity contribution in [2.75, 3.05) is 12.3 Å². The quantitative estimate of drug-likeness (QED) is 0.532. The summed E-state index contributed by atoms with van der Waals surface area (Å²) in [5.41, 5.74) is 8.15. The molecule has 0 unspecified atom stereocenters. The number of fused-ring (bicyclic) bond motifs is 1. The molecule has 0 amide bonds. The molecule has 0 fully saturated rings. The topological polar surface area (TPSA) is 91.7 Å². The van der Waals surface area contributed by atoms with Gasteiger partial charge in [0.25, 0.3) is 6.43 Å². The van der Waals surface area contributed by atoms with Gasteiger partial charge >= 0.3 is 6.01 Å². The number of hydrogen-bond acceptors (Lipinski definition) is 6. The summed E-state index contributed by atoms with van der Waals surface area (Å²) in [6.45, 7) is 2.61. The van der Waals surface area contributed by atoms with Gasteiger partial charge in [0.05, 0.1) is 13.2 Å². The first-order valence-corrected chi connectivity index (χ1v) is 9.00. The van der Waals surface area contributed by atoms with Crippen molar-refractivity contribution in [3.8, 4) is 17.4 Å². The summed E-state index contributed by atoms with van der Waals surface area (Å²) in [4.78, 5) is 17.1. The third kappa shape index (κ3) is 3.71. The number of alkyl halides is 2. The van der Waals surface area contributed by atoms with Crippen molar-refractivity contribution in [2.45, 2.75) is 19.9 Å². The number of halogens is 2. The van der Waals surface area contributed by atoms with Gasteiger partial charge in [-0.1, -0.05) is 30.3 Å². The maximum Gasteiger partial charge on any atom is 0.320 e. The summed E-state index contributed by atoms with van der Waals surface area (Å²) in [5, 5.41) is 0. The zero-order valence-electron chi connectivity index (χ0n) is 15.6. The van der Waals surface area contributed by atoms with E-state index >= 15 is 0 Å². The molecule has 7 nitrogen and oxygen atoms in total. The minimum absolute atomic E-state index is 0.137. The number of benzene rings is 1. The van der Waals surface area contributed by atoms with Gasteiger partial charge in [-0.3, -0.25) is 4.98 Å². The van der Waals surface area contributed by atoms with Gasteiger partial charge in [-0.2, -0.15) is 9.97 Å². The van der Waals surface area contributed by atoms with E-state index < -0.39 is 6.43 Å². The van der Waals surface area contributed by atoms with Gasteiger partial charge in [0.2, 0.25) is 0 Å². The molecule has 0 atom stereocenters. The highest BCUT2D eigenvalue weighted by molar-refractivity contribution is 5.86. The second-order valence-corrected chi connectivity index (χ2v) is 6.31. The van der Waals surface area contributed by atoms with Gasteiger partial charge in [-0.15, -0.1) is 0 Å². The van der Waals surface area contributed by atoms with Crippen LogP contribution in [0.25, 0.3) is 22.6 Å². The van der Waals surface area contributed by atoms with Crippen LogP contribution in [0, 0.1) is 0 Å². The Morgan fingerprint density at radius 3 is 2.62 bits per heavy atom. The van der Waals surface area contributed by atoms with Crippen molar-refractivity contribution in [3.05, 3.63) is 59.9 Å². The number of nitrogens with two attached hydrogens (primary N) is 1. The van der Waals surface area contributed by atoms with Gasteiger partial charge in [0, 0.05) is 23.5 Å². The van der Waals surface area contributed by atoms with Crippen LogP contribution in [0.2, 0.25) is 0 Å². The molecule has 148 valence electrons. The first-order valence-electron chi connectivity index (χ1n) is 9.00. The van der Waals surface area contributed by atoms with Crippen molar-refractivity contribution in [3.63, 3.8) is 0 Å². The molecule has 1 aromatic carbocycles. The van der Waals surface area contributed by atoms with Crippen molar-refractivity contribution < 1.29 is 13.5 Å². The lowest BCUT2D eigenvalue weighted by Gasteiger charge is -2.10. The van der Waals surface area contributed by atoms with E-state index in [1.165, 1.54) is 12.3 Å². The Balaban J connectivity index is 1.94. The van der Waals surface area contributed by atoms with Gasteiger partial charge < -0.3 is 15.0 Å². The highest BCUT2D eigenvalue weighted by atomic mass is 19.3. The number of aromatic nitrogens is 5. The van der Waals surface area contributed by atoms with Crippen molar-refractivity contribution in [1.82, 2.24) is 24.5 Å². The van der Waals surface area contributed by atoms with E-state index in [0.717, 1.165) is 11.8 Å². The Morgan fingerprint density at radius 2 is 1.90 bits per heavy atom. The average molecular weight is 396 g/mol. The first-order chi connectivity index (χ1) is 14.1. The second kappa shape index (κ2) is 7.78. The molecule has 0 radical (unpaired) electrons. The predicted octanol–water partition coefficient (Wildman–Crippen LogP) is 3.86. The molecule has 0 saturated heterocycles. The van der Waals surface area contributed by atoms with Crippen LogP contribution in [-0.2, 0) is 6.54 Å². The number of imidazole rings is 1. The maximum absolute atomic E-state index is 13.2. The van der Waals surface area contributed by atoms with Crippen LogP contribution in [0.4, 0.5) is 14.6 Å². The van der Waals surface area contributed by atoms with Gasteiger partial charge in [0.15, 0.2) is 17.0 Å². The fourth-order valence-corrected chi connectivity index (χ4v) is 3.03. The number of rotatable bonds is 6. The molecule has 2 N–H and O–H groups in total. The van der Waals surface area contributed by atoms with Crippen LogP contribution in [0.5, 0.6) is 6.01 Å². The molecular weight excluding hydrogens is 378 g/mol. The molecular formula is C20H18F2N6O. The van der Waals surface area contributed by atoms with Crippen LogP contribution in [0.15, 0.2) is 48.8 Å². The van der Waals surface area contributed by atoms with Gasteiger partial charge in [-0.05, 0) is 18.6 Å². The first kappa shape index (κ1) is 18.7. The van der Waals surface area contributed by atoms with E-state index in [0.29, 0.717) is 35.7 Å². The monoisotopic (exact) mass is 396 g/mol. The number of pyridine rings is 1. The smallest absolute Gasteiger partial charge is 0.320 e. The van der Waals surface area contributed by atoms with E-state index in [9.17, 15) is 8.78 Å². The SMILES string of the molecule is CCOc1nc(N)c2nc(-c3cncc(C(F)F)c3)n(Cc3ccccc3)c2n1. The Hall–Kier alpha value is -3.62. The highest BCUT2D eigenvalue weighted by Gasteiger charge is 2.20. The fraction of sp³-hybridized carbons (Fsp3) is 0.200. The van der Waals surface area contributed by atoms with Crippen LogP contribution >= 0.6 is 0 Å². The Bertz CT molecular complexity index is 1150. The Labute approximate surface area is 165 Å². The van der Waals surface area contributed by atoms with Gasteiger partial charge in [-0.25, -0.2) is 13.8 Å². The molecule has 3 heterocycles. The number of nitrogens with zero attached hydrogens (tertiary/aromatic N) is 5. The average Bonchev–Trinajstić information content (AvgIpc) is 3.08. The minimum Gasteiger partial charge on any atom is -0.464 e. The zero-order valence-corrected chi connectivity index (χ0v) is 15.6. The van der Waals surface area contributed by atoms with Gasteiger partial charge in [0.1, 0.15) is 5.82 Å². The largest absolute Gasteiger partial charge is 0.464 e. The molecule has 9 heteroatoms. The zero-order chi connectivity index (χ0) is 20.4. The molecule has 0 spiro atoms. The molecule has 0 aliphatic carbocycles. The Kier molecular flexibility index (Phi) is 5.03. The van der Waals surface area contributed by atoms with E-state index in [4.69, 9.17) is 10.5 Å². The normalized spacial score (nSPS) is 11.3. The van der Waals surface area contributed by atoms with Crippen LogP contribution in [0.1, 0.15) is 24.5 Å². The number of nitrogen functional groups attached to an aromatic ring is 1. The van der Waals surface area contributed by atoms with Crippen molar-refractivity contribution in [1.29, 1.82) is 0 Å². The maximum atomic E-state index is 13.2. The lowest BCUT2D eigenvalue weighted by atomic mass is 10.2. The molecule has 0 saturated carbocycles. The molecule has 3 aromatic heterocycles. The molecule has 4 rings (SSSR count). The lowest BCUT2D eigenvalue weighted by Crippen LogP contribution is -2.06. The highest BCUT2D eigenvalue weighted by Crippen LogP contribution is 2.30. The van der Waals surface area contributed by atoms with E-state index in [1.54, 1.807) is 4.57 Å². The Morgan fingerprint density at radius 1 is 1.10 bits per heavy atom. The van der Waals surface area contributed by atoms with E-state index in [1.807, 2.05) is 37.3 Å². The third-order valence-corrected chi connectivity index (χ3v) is 4.33. The summed E-state index contributed by atoms with van der Waals surface area (Å²) in [7, 11) is 0. The third-order valence-electron chi connectivity index (χ3n) is 4.33. The summed E-state index contributed by atoms with van der Waals surface area (Å²) >= 11 is 0. The number of anilines is 1. The standard InChI is InChI=1S/C20H18F2N6O/c1-2-29-20-26-17(23)15-19(27-20)28(11-12-6-4-3-5-7-12)18(25-15)14-8-13(16(21)22)9-24-10-14/h3-10,16H,2,11H2,1H3,(H2,23,26,27). The second-order valence-electron chi connectivity index (χ2n) is 6.31. The summed E-state index contributed by atoms with van der Waals surface area (Å²) in [6, 6.07) is 11.2. The van der Waals surface area contributed by atoms with Crippen LogP contribution in [-0.4, -0.2) is 31.1 Å². The molecule has 0 aliphatic heterocycles. The molecule has 0 aliphatic rings. The molecule has 4 aromatic rings. The van der Waals surface area contributed by atoms with Crippen LogP contribution < -0.4 is 10.5 Å². The van der Waals surface area contributed by atoms with E-state index in [-0.39, 0.29) is 17.4 Å². The number of ether oxygens (including phenoxy) is 1. The molecule has 0 bridgehead atoms. The molecule has 29 heavy (non-hydrogen) atoms. The summed E-state index contributed by atoms with van der Waals surface area (Å²) in [6.07, 6.45) is -0.00899. The van der Waals surface area contributed by atoms with E-state index in [2.05, 4.69) is 19.9 Å². The fourth-order valence-electron chi connectivity index (χ4n) is 3.03. The van der Waals surface area contributed by atoms with Crippen molar-refractivity contribution in [2.24, 2.45) is 0 Å². The summed E-state index contributed by atoms with van der Waals surface area (Å²) < 4.78 is 33.6. The van der Waals surface area contributed by atoms with Crippen molar-refractivity contribution >= 4 is 17.0 Å². The number of hydrogen-bond donors (Lipinski definition) is 1. The summed E-state index contributed by atoms with van der Waals surface area (Å²) in [5.74, 6) is 0.581. The lowest BCUT2D eigenvalue weighted by molar-refractivity contribution is 0.151. The minimum atomic E-state index is -2.64.